The van der Waals surface area contributed by atoms with E-state index in [1.54, 1.807) is 0 Å². The number of aromatic nitrogens is 2. The Bertz CT molecular complexity index is 1780. The van der Waals surface area contributed by atoms with Crippen LogP contribution in [0.2, 0.25) is 0 Å². The van der Waals surface area contributed by atoms with Gasteiger partial charge < -0.3 is 8.83 Å². The topological polar surface area (TPSA) is 86.2 Å². The molecular formula is C30H22N2O4. The second-order valence-electron chi connectivity index (χ2n) is 8.80. The van der Waals surface area contributed by atoms with E-state index in [0.717, 1.165) is 34.7 Å². The monoisotopic (exact) mass is 474 g/mol. The van der Waals surface area contributed by atoms with E-state index in [4.69, 9.17) is 8.83 Å². The average Bonchev–Trinajstić information content (AvgIpc) is 2.92. The summed E-state index contributed by atoms with van der Waals surface area (Å²) in [5.41, 5.74) is 3.96. The molecule has 6 heteroatoms. The van der Waals surface area contributed by atoms with Crippen molar-refractivity contribution >= 4 is 32.6 Å². The molecule has 6 aromatic rings. The maximum absolute atomic E-state index is 12.6. The second-order valence-corrected chi connectivity index (χ2v) is 8.80. The molecule has 2 heterocycles. The number of hydrogen-bond acceptors (Lipinski definition) is 6. The minimum atomic E-state index is -0.399. The number of nitrogens with zero attached hydrogens (tertiary/aromatic N) is 2. The lowest BCUT2D eigenvalue weighted by Gasteiger charge is -2.07. The first-order valence-electron chi connectivity index (χ1n) is 11.9. The lowest BCUT2D eigenvalue weighted by atomic mass is 10.0. The van der Waals surface area contributed by atoms with Crippen LogP contribution >= 0.6 is 0 Å². The normalized spacial score (nSPS) is 11.5. The SMILES string of the molecule is CCc1ccc2nc(-c3ccc4cc(-c5nc6ccc(CC)cc6c(=O)o5)ccc4c3)oc(=O)c2c1. The fourth-order valence-electron chi connectivity index (χ4n) is 4.44. The van der Waals surface area contributed by atoms with E-state index in [-0.39, 0.29) is 11.8 Å². The van der Waals surface area contributed by atoms with Gasteiger partial charge in [0.05, 0.1) is 21.8 Å². The molecular weight excluding hydrogens is 452 g/mol. The number of aryl methyl sites for hydroxylation is 2. The molecule has 0 unspecified atom stereocenters. The third-order valence-corrected chi connectivity index (χ3v) is 6.54. The minimum Gasteiger partial charge on any atom is -0.403 e. The van der Waals surface area contributed by atoms with Gasteiger partial charge in [-0.15, -0.1) is 0 Å². The third kappa shape index (κ3) is 3.77. The van der Waals surface area contributed by atoms with Crippen LogP contribution < -0.4 is 11.3 Å². The van der Waals surface area contributed by atoms with Crippen molar-refractivity contribution < 1.29 is 8.83 Å². The predicted molar refractivity (Wildman–Crippen MR) is 141 cm³/mol. The highest BCUT2D eigenvalue weighted by Crippen LogP contribution is 2.28. The highest BCUT2D eigenvalue weighted by Gasteiger charge is 2.12. The molecule has 0 aliphatic heterocycles. The molecule has 0 aliphatic rings. The first kappa shape index (κ1) is 21.9. The Morgan fingerprint density at radius 3 is 1.44 bits per heavy atom. The molecule has 36 heavy (non-hydrogen) atoms. The zero-order chi connectivity index (χ0) is 24.8. The quantitative estimate of drug-likeness (QED) is 0.298. The summed E-state index contributed by atoms with van der Waals surface area (Å²) < 4.78 is 11.1. The molecule has 0 spiro atoms. The van der Waals surface area contributed by atoms with Gasteiger partial charge >= 0.3 is 11.3 Å². The molecule has 6 nitrogen and oxygen atoms in total. The van der Waals surface area contributed by atoms with Crippen molar-refractivity contribution in [2.24, 2.45) is 0 Å². The van der Waals surface area contributed by atoms with Gasteiger partial charge in [0.15, 0.2) is 0 Å². The zero-order valence-electron chi connectivity index (χ0n) is 19.9. The summed E-state index contributed by atoms with van der Waals surface area (Å²) in [5, 5.41) is 2.83. The number of rotatable bonds is 4. The average molecular weight is 475 g/mol. The molecule has 0 fully saturated rings. The van der Waals surface area contributed by atoms with E-state index in [2.05, 4.69) is 9.97 Å². The molecule has 176 valence electrons. The smallest absolute Gasteiger partial charge is 0.347 e. The second kappa shape index (κ2) is 8.57. The molecule has 2 aromatic heterocycles. The zero-order valence-corrected chi connectivity index (χ0v) is 19.9. The van der Waals surface area contributed by atoms with Crippen molar-refractivity contribution in [3.63, 3.8) is 0 Å². The fourth-order valence-corrected chi connectivity index (χ4v) is 4.44. The van der Waals surface area contributed by atoms with Gasteiger partial charge in [0, 0.05) is 11.1 Å². The van der Waals surface area contributed by atoms with Crippen molar-refractivity contribution in [1.82, 2.24) is 9.97 Å². The molecule has 0 saturated heterocycles. The van der Waals surface area contributed by atoms with Crippen LogP contribution in [0.5, 0.6) is 0 Å². The maximum atomic E-state index is 12.6. The van der Waals surface area contributed by atoms with E-state index in [1.165, 1.54) is 0 Å². The Hall–Kier alpha value is -4.58. The van der Waals surface area contributed by atoms with Crippen molar-refractivity contribution in [3.05, 3.63) is 105 Å². The lowest BCUT2D eigenvalue weighted by molar-refractivity contribution is 0.518. The van der Waals surface area contributed by atoms with Crippen molar-refractivity contribution in [1.29, 1.82) is 0 Å². The van der Waals surface area contributed by atoms with Crippen molar-refractivity contribution in [2.75, 3.05) is 0 Å². The Balaban J connectivity index is 1.40. The predicted octanol–water partition coefficient (Wildman–Crippen LogP) is 6.30. The highest BCUT2D eigenvalue weighted by atomic mass is 16.4. The Morgan fingerprint density at radius 1 is 0.583 bits per heavy atom. The third-order valence-electron chi connectivity index (χ3n) is 6.54. The van der Waals surface area contributed by atoms with Gasteiger partial charge in [-0.25, -0.2) is 19.6 Å². The van der Waals surface area contributed by atoms with Gasteiger partial charge in [0.25, 0.3) is 0 Å². The summed E-state index contributed by atoms with van der Waals surface area (Å²) in [7, 11) is 0. The molecule has 0 radical (unpaired) electrons. The summed E-state index contributed by atoms with van der Waals surface area (Å²) in [6.45, 7) is 4.08. The first-order valence-corrected chi connectivity index (χ1v) is 11.9. The molecule has 0 saturated carbocycles. The first-order chi connectivity index (χ1) is 17.5. The van der Waals surface area contributed by atoms with E-state index in [0.29, 0.717) is 32.9 Å². The van der Waals surface area contributed by atoms with Crippen LogP contribution in [0.25, 0.3) is 55.5 Å². The Labute approximate surface area is 205 Å². The Kier molecular flexibility index (Phi) is 5.22. The van der Waals surface area contributed by atoms with Crippen molar-refractivity contribution in [2.45, 2.75) is 26.7 Å². The summed E-state index contributed by atoms with van der Waals surface area (Å²) >= 11 is 0. The summed E-state index contributed by atoms with van der Waals surface area (Å²) in [6, 6.07) is 22.7. The van der Waals surface area contributed by atoms with Crippen molar-refractivity contribution in [3.8, 4) is 22.9 Å². The molecule has 6 rings (SSSR count). The van der Waals surface area contributed by atoms with Crippen LogP contribution in [0, 0.1) is 0 Å². The lowest BCUT2D eigenvalue weighted by Crippen LogP contribution is -2.04. The van der Waals surface area contributed by atoms with Crippen LogP contribution in [0.3, 0.4) is 0 Å². The molecule has 0 amide bonds. The van der Waals surface area contributed by atoms with Gasteiger partial charge in [-0.1, -0.05) is 38.1 Å². The number of hydrogen-bond donors (Lipinski definition) is 0. The minimum absolute atomic E-state index is 0.274. The standard InChI is InChI=1S/C30H22N2O4/c1-3-17-5-11-25-23(13-17)29(33)35-27(31-25)21-9-7-20-16-22(10-8-19(20)15-21)28-32-26-12-6-18(4-2)14-24(26)30(34)36-28/h5-16H,3-4H2,1-2H3. The molecule has 0 bridgehead atoms. The van der Waals surface area contributed by atoms with Gasteiger partial charge in [0.2, 0.25) is 11.8 Å². The van der Waals surface area contributed by atoms with Crippen LogP contribution in [0.4, 0.5) is 0 Å². The van der Waals surface area contributed by atoms with E-state index in [1.807, 2.05) is 86.6 Å². The van der Waals surface area contributed by atoms with Crippen LogP contribution in [0.15, 0.2) is 91.2 Å². The van der Waals surface area contributed by atoms with Crippen LogP contribution in [0.1, 0.15) is 25.0 Å². The van der Waals surface area contributed by atoms with Gasteiger partial charge in [0.1, 0.15) is 0 Å². The van der Waals surface area contributed by atoms with Gasteiger partial charge in [-0.2, -0.15) is 0 Å². The van der Waals surface area contributed by atoms with Crippen LogP contribution in [-0.4, -0.2) is 9.97 Å². The number of benzene rings is 4. The fraction of sp³-hybridized carbons (Fsp3) is 0.133. The maximum Gasteiger partial charge on any atom is 0.347 e. The summed E-state index contributed by atoms with van der Waals surface area (Å²) in [6.07, 6.45) is 1.67. The molecule has 0 atom stereocenters. The highest BCUT2D eigenvalue weighted by molar-refractivity contribution is 5.90. The van der Waals surface area contributed by atoms with Crippen LogP contribution in [-0.2, 0) is 12.8 Å². The van der Waals surface area contributed by atoms with E-state index < -0.39 is 11.3 Å². The van der Waals surface area contributed by atoms with Gasteiger partial charge in [-0.05, 0) is 83.3 Å². The summed E-state index contributed by atoms with van der Waals surface area (Å²) in [5.74, 6) is 0.549. The largest absolute Gasteiger partial charge is 0.403 e. The van der Waals surface area contributed by atoms with Gasteiger partial charge in [-0.3, -0.25) is 0 Å². The Morgan fingerprint density at radius 2 is 1.03 bits per heavy atom. The molecule has 0 N–H and O–H groups in total. The number of fused-ring (bicyclic) bond motifs is 3. The van der Waals surface area contributed by atoms with E-state index in [9.17, 15) is 9.59 Å². The molecule has 0 aliphatic carbocycles. The molecule has 4 aromatic carbocycles. The summed E-state index contributed by atoms with van der Waals surface area (Å²) in [4.78, 5) is 34.4. The van der Waals surface area contributed by atoms with E-state index >= 15 is 0 Å².